The summed E-state index contributed by atoms with van der Waals surface area (Å²) in [7, 11) is 1.61. The Morgan fingerprint density at radius 3 is 2.65 bits per heavy atom. The Bertz CT molecular complexity index is 1390. The summed E-state index contributed by atoms with van der Waals surface area (Å²) in [6.45, 7) is 0.890. The molecule has 1 aliphatic heterocycles. The lowest BCUT2D eigenvalue weighted by Gasteiger charge is -2.27. The largest absolute Gasteiger partial charge is 0.497 e. The Kier molecular flexibility index (Phi) is 5.90. The Morgan fingerprint density at radius 1 is 1.15 bits per heavy atom. The zero-order chi connectivity index (χ0) is 23.7. The highest BCUT2D eigenvalue weighted by Gasteiger charge is 2.27. The van der Waals surface area contributed by atoms with E-state index in [1.165, 1.54) is 6.07 Å². The van der Waals surface area contributed by atoms with Crippen molar-refractivity contribution < 1.29 is 9.53 Å². The van der Waals surface area contributed by atoms with Gasteiger partial charge in [0.05, 0.1) is 19.3 Å². The fourth-order valence-corrected chi connectivity index (χ4v) is 4.24. The van der Waals surface area contributed by atoms with E-state index >= 15 is 0 Å². The van der Waals surface area contributed by atoms with E-state index in [9.17, 15) is 9.59 Å². The van der Waals surface area contributed by atoms with Crippen molar-refractivity contribution in [2.75, 3.05) is 13.7 Å². The Labute approximate surface area is 200 Å². The molecule has 8 nitrogen and oxygen atoms in total. The molecule has 0 fully saturated rings. The number of amides is 1. The van der Waals surface area contributed by atoms with Gasteiger partial charge >= 0.3 is 0 Å². The van der Waals surface area contributed by atoms with Crippen LogP contribution in [0.25, 0.3) is 11.3 Å². The molecule has 0 aliphatic carbocycles. The van der Waals surface area contributed by atoms with Gasteiger partial charge in [-0.05, 0) is 29.8 Å². The molecule has 9 heteroatoms. The van der Waals surface area contributed by atoms with Crippen LogP contribution in [0.4, 0.5) is 0 Å². The van der Waals surface area contributed by atoms with Crippen molar-refractivity contribution in [1.82, 2.24) is 25.1 Å². The second kappa shape index (κ2) is 9.15. The third-order valence-corrected chi connectivity index (χ3v) is 6.13. The van der Waals surface area contributed by atoms with E-state index in [2.05, 4.69) is 20.2 Å². The maximum absolute atomic E-state index is 13.3. The van der Waals surface area contributed by atoms with Crippen LogP contribution in [-0.2, 0) is 19.4 Å². The highest BCUT2D eigenvalue weighted by Crippen LogP contribution is 2.29. The number of hydrogen-bond donors (Lipinski definition) is 2. The first kappa shape index (κ1) is 21.9. The number of H-pyrrole nitrogens is 2. The zero-order valence-electron chi connectivity index (χ0n) is 18.5. The molecule has 0 radical (unpaired) electrons. The van der Waals surface area contributed by atoms with Crippen LogP contribution < -0.4 is 10.3 Å². The number of ether oxygens (including phenoxy) is 1. The number of fused-ring (bicyclic) bond motifs is 1. The fourth-order valence-electron chi connectivity index (χ4n) is 4.12. The number of aromatic nitrogens is 4. The lowest BCUT2D eigenvalue weighted by molar-refractivity contribution is 0.0728. The summed E-state index contributed by atoms with van der Waals surface area (Å²) in [6.07, 6.45) is 1.04. The van der Waals surface area contributed by atoms with Crippen molar-refractivity contribution in [3.8, 4) is 17.0 Å². The molecule has 0 saturated heterocycles. The van der Waals surface area contributed by atoms with Gasteiger partial charge in [-0.25, -0.2) is 4.98 Å². The molecular weight excluding hydrogens is 454 g/mol. The van der Waals surface area contributed by atoms with Gasteiger partial charge in [-0.15, -0.1) is 0 Å². The van der Waals surface area contributed by atoms with Crippen molar-refractivity contribution >= 4 is 17.5 Å². The van der Waals surface area contributed by atoms with Gasteiger partial charge in [-0.2, -0.15) is 5.10 Å². The molecule has 5 rings (SSSR count). The van der Waals surface area contributed by atoms with Crippen molar-refractivity contribution in [3.05, 3.63) is 98.3 Å². The quantitative estimate of drug-likeness (QED) is 0.459. The number of benzene rings is 2. The van der Waals surface area contributed by atoms with E-state index in [0.29, 0.717) is 36.8 Å². The minimum atomic E-state index is -0.357. The summed E-state index contributed by atoms with van der Waals surface area (Å²) in [6, 6.07) is 16.2. The van der Waals surface area contributed by atoms with Crippen LogP contribution in [-0.4, -0.2) is 44.6 Å². The maximum Gasteiger partial charge on any atom is 0.273 e. The van der Waals surface area contributed by atoms with Crippen LogP contribution in [0.2, 0.25) is 5.02 Å². The molecule has 1 amide bonds. The lowest BCUT2D eigenvalue weighted by Crippen LogP contribution is -2.37. The Balaban J connectivity index is 1.38. The normalized spacial score (nSPS) is 12.9. The predicted molar refractivity (Wildman–Crippen MR) is 128 cm³/mol. The Morgan fingerprint density at radius 2 is 1.91 bits per heavy atom. The van der Waals surface area contributed by atoms with Gasteiger partial charge in [0.1, 0.15) is 17.3 Å². The number of carbonyl (C=O) groups is 1. The van der Waals surface area contributed by atoms with Gasteiger partial charge < -0.3 is 14.6 Å². The number of rotatable bonds is 5. The predicted octanol–water partition coefficient (Wildman–Crippen LogP) is 3.61. The van der Waals surface area contributed by atoms with E-state index in [4.69, 9.17) is 16.3 Å². The molecule has 0 unspecified atom stereocenters. The minimum absolute atomic E-state index is 0.132. The van der Waals surface area contributed by atoms with Crippen molar-refractivity contribution in [2.45, 2.75) is 19.4 Å². The summed E-state index contributed by atoms with van der Waals surface area (Å²) < 4.78 is 5.18. The number of aromatic amines is 2. The van der Waals surface area contributed by atoms with E-state index in [0.717, 1.165) is 33.8 Å². The van der Waals surface area contributed by atoms with Gasteiger partial charge in [0.15, 0.2) is 0 Å². The number of hydrogen-bond acceptors (Lipinski definition) is 5. The molecule has 2 N–H and O–H groups in total. The second-order valence-electron chi connectivity index (χ2n) is 8.12. The summed E-state index contributed by atoms with van der Waals surface area (Å²) in [5.74, 6) is 0.899. The lowest BCUT2D eigenvalue weighted by atomic mass is 10.0. The molecule has 1 aliphatic rings. The Hall–Kier alpha value is -3.91. The molecule has 34 heavy (non-hydrogen) atoms. The number of halogens is 1. The van der Waals surface area contributed by atoms with Crippen LogP contribution in [0.15, 0.2) is 59.4 Å². The number of methoxy groups -OCH3 is 1. The monoisotopic (exact) mass is 475 g/mol. The molecule has 0 saturated carbocycles. The SMILES string of the molecule is COc1ccc(Cc2nc(C(=O)N3CCc4[nH]nc(-c5ccc(Cl)cc5)c4C3)cc(=O)[nH]2)cc1. The topological polar surface area (TPSA) is 104 Å². The van der Waals surface area contributed by atoms with Gasteiger partial charge in [0.25, 0.3) is 11.5 Å². The molecule has 2 aromatic heterocycles. The summed E-state index contributed by atoms with van der Waals surface area (Å²) in [5, 5.41) is 8.21. The van der Waals surface area contributed by atoms with E-state index in [-0.39, 0.29) is 17.2 Å². The molecule has 3 heterocycles. The van der Waals surface area contributed by atoms with Gasteiger partial charge in [-0.3, -0.25) is 14.7 Å². The molecule has 0 bridgehead atoms. The molecule has 0 spiro atoms. The van der Waals surface area contributed by atoms with Crippen LogP contribution in [0, 0.1) is 0 Å². The summed E-state index contributed by atoms with van der Waals surface area (Å²) in [4.78, 5) is 34.5. The first-order valence-corrected chi connectivity index (χ1v) is 11.2. The number of nitrogens with zero attached hydrogens (tertiary/aromatic N) is 3. The third kappa shape index (κ3) is 4.45. The molecule has 2 aromatic carbocycles. The van der Waals surface area contributed by atoms with Crippen LogP contribution in [0.3, 0.4) is 0 Å². The molecule has 172 valence electrons. The zero-order valence-corrected chi connectivity index (χ0v) is 19.2. The van der Waals surface area contributed by atoms with Crippen molar-refractivity contribution in [3.63, 3.8) is 0 Å². The fraction of sp³-hybridized carbons (Fsp3) is 0.200. The minimum Gasteiger partial charge on any atom is -0.497 e. The molecule has 0 atom stereocenters. The highest BCUT2D eigenvalue weighted by atomic mass is 35.5. The smallest absolute Gasteiger partial charge is 0.273 e. The van der Waals surface area contributed by atoms with E-state index < -0.39 is 0 Å². The first-order chi connectivity index (χ1) is 16.5. The van der Waals surface area contributed by atoms with Crippen molar-refractivity contribution in [1.29, 1.82) is 0 Å². The summed E-state index contributed by atoms with van der Waals surface area (Å²) in [5.41, 5.74) is 4.41. The van der Waals surface area contributed by atoms with Crippen LogP contribution >= 0.6 is 11.6 Å². The van der Waals surface area contributed by atoms with Crippen LogP contribution in [0.1, 0.15) is 33.1 Å². The average Bonchev–Trinajstić information content (AvgIpc) is 3.27. The van der Waals surface area contributed by atoms with E-state index in [1.807, 2.05) is 48.5 Å². The van der Waals surface area contributed by atoms with Gasteiger partial charge in [-0.1, -0.05) is 35.9 Å². The standard InChI is InChI=1S/C25H22ClN5O3/c1-34-18-8-2-15(3-9-18)12-22-27-21(13-23(32)28-22)25(33)31-11-10-20-19(14-31)24(30-29-20)16-4-6-17(26)7-5-16/h2-9,13H,10-12,14H2,1H3,(H,29,30)(H,27,28,32). The maximum atomic E-state index is 13.3. The molecule has 4 aromatic rings. The van der Waals surface area contributed by atoms with Gasteiger partial charge in [0.2, 0.25) is 0 Å². The second-order valence-corrected chi connectivity index (χ2v) is 8.55. The first-order valence-electron chi connectivity index (χ1n) is 10.8. The van der Waals surface area contributed by atoms with Crippen molar-refractivity contribution in [2.24, 2.45) is 0 Å². The average molecular weight is 476 g/mol. The number of nitrogens with one attached hydrogen (secondary N) is 2. The van der Waals surface area contributed by atoms with E-state index in [1.54, 1.807) is 12.0 Å². The summed E-state index contributed by atoms with van der Waals surface area (Å²) >= 11 is 6.02. The number of carbonyl (C=O) groups excluding carboxylic acids is 1. The molecular formula is C25H22ClN5O3. The van der Waals surface area contributed by atoms with Gasteiger partial charge in [0, 0.05) is 47.3 Å². The highest BCUT2D eigenvalue weighted by molar-refractivity contribution is 6.30. The third-order valence-electron chi connectivity index (χ3n) is 5.88. The van der Waals surface area contributed by atoms with Crippen LogP contribution in [0.5, 0.6) is 5.75 Å².